The fraction of sp³-hybridized carbons (Fsp3) is 0.286. The number of halogens is 1. The zero-order valence-electron chi connectivity index (χ0n) is 6.70. The predicted octanol–water partition coefficient (Wildman–Crippen LogP) is 0.940. The first-order valence-corrected chi connectivity index (χ1v) is 4.00. The highest BCUT2D eigenvalue weighted by Crippen LogP contribution is 2.00. The van der Waals surface area contributed by atoms with Crippen LogP contribution >= 0.6 is 11.6 Å². The Morgan fingerprint density at radius 1 is 1.69 bits per heavy atom. The molecule has 1 aromatic heterocycles. The van der Waals surface area contributed by atoms with Crippen LogP contribution in [-0.2, 0) is 6.42 Å². The zero-order chi connectivity index (χ0) is 9.68. The molecule has 1 heterocycles. The Kier molecular flexibility index (Phi) is 3.45. The minimum Gasteiger partial charge on any atom is -0.465 e. The van der Waals surface area contributed by atoms with Gasteiger partial charge in [0.1, 0.15) is 0 Å². The van der Waals surface area contributed by atoms with E-state index in [1.807, 2.05) is 0 Å². The minimum absolute atomic E-state index is 0.174. The largest absolute Gasteiger partial charge is 0.465 e. The summed E-state index contributed by atoms with van der Waals surface area (Å²) in [6.07, 6.45) is 1.00. The number of rotatable bonds is 3. The molecule has 2 N–H and O–H groups in total. The molecule has 0 bridgehead atoms. The van der Waals surface area contributed by atoms with Gasteiger partial charge < -0.3 is 10.4 Å². The van der Waals surface area contributed by atoms with E-state index in [9.17, 15) is 4.79 Å². The van der Waals surface area contributed by atoms with Gasteiger partial charge in [-0.05, 0) is 17.7 Å². The van der Waals surface area contributed by atoms with Crippen LogP contribution in [0.2, 0.25) is 5.28 Å². The van der Waals surface area contributed by atoms with E-state index in [0.717, 1.165) is 0 Å². The van der Waals surface area contributed by atoms with Crippen LogP contribution in [0.1, 0.15) is 5.69 Å². The van der Waals surface area contributed by atoms with Crippen molar-refractivity contribution < 1.29 is 9.90 Å². The van der Waals surface area contributed by atoms with E-state index < -0.39 is 6.09 Å². The van der Waals surface area contributed by atoms with Gasteiger partial charge in [-0.1, -0.05) is 0 Å². The molecule has 0 unspecified atom stereocenters. The molecule has 0 saturated carbocycles. The molecule has 1 amide bonds. The Morgan fingerprint density at radius 3 is 3.08 bits per heavy atom. The monoisotopic (exact) mass is 201 g/mol. The molecule has 0 atom stereocenters. The van der Waals surface area contributed by atoms with Crippen molar-refractivity contribution in [3.63, 3.8) is 0 Å². The summed E-state index contributed by atoms with van der Waals surface area (Å²) in [5.41, 5.74) is 0.716. The zero-order valence-corrected chi connectivity index (χ0v) is 7.45. The highest BCUT2D eigenvalue weighted by Gasteiger charge is 1.98. The van der Waals surface area contributed by atoms with Crippen LogP contribution in [0.3, 0.4) is 0 Å². The number of aromatic nitrogens is 2. The topological polar surface area (TPSA) is 75.1 Å². The van der Waals surface area contributed by atoms with Crippen molar-refractivity contribution in [3.8, 4) is 0 Å². The van der Waals surface area contributed by atoms with Crippen molar-refractivity contribution in [1.82, 2.24) is 15.3 Å². The van der Waals surface area contributed by atoms with Gasteiger partial charge in [-0.15, -0.1) is 0 Å². The number of amides is 1. The average Bonchev–Trinajstić information content (AvgIpc) is 2.03. The number of hydrogen-bond donors (Lipinski definition) is 2. The average molecular weight is 202 g/mol. The Hall–Kier alpha value is -1.36. The molecule has 0 aliphatic rings. The SMILES string of the molecule is O=C(O)NCCc1ccnc(Cl)n1. The third-order valence-electron chi connectivity index (χ3n) is 1.34. The smallest absolute Gasteiger partial charge is 0.404 e. The normalized spacial score (nSPS) is 9.62. The summed E-state index contributed by atoms with van der Waals surface area (Å²) in [4.78, 5) is 17.7. The van der Waals surface area contributed by atoms with E-state index in [1.165, 1.54) is 6.20 Å². The van der Waals surface area contributed by atoms with E-state index in [1.54, 1.807) is 6.07 Å². The maximum absolute atomic E-state index is 10.1. The van der Waals surface area contributed by atoms with Crippen LogP contribution in [0.4, 0.5) is 4.79 Å². The van der Waals surface area contributed by atoms with Gasteiger partial charge >= 0.3 is 6.09 Å². The first-order chi connectivity index (χ1) is 6.18. The molecule has 0 fully saturated rings. The van der Waals surface area contributed by atoms with E-state index in [-0.39, 0.29) is 5.28 Å². The van der Waals surface area contributed by atoms with Crippen LogP contribution in [0.5, 0.6) is 0 Å². The molecular weight excluding hydrogens is 194 g/mol. The maximum Gasteiger partial charge on any atom is 0.404 e. The Labute approximate surface area is 79.8 Å². The summed E-state index contributed by atoms with van der Waals surface area (Å²) in [7, 11) is 0. The lowest BCUT2D eigenvalue weighted by atomic mass is 10.3. The van der Waals surface area contributed by atoms with Crippen molar-refractivity contribution in [2.24, 2.45) is 0 Å². The Bertz CT molecular complexity index is 306. The molecule has 0 saturated heterocycles. The fourth-order valence-electron chi connectivity index (χ4n) is 0.806. The number of hydrogen-bond acceptors (Lipinski definition) is 3. The van der Waals surface area contributed by atoms with Gasteiger partial charge in [0.2, 0.25) is 5.28 Å². The molecule has 0 aliphatic heterocycles. The number of nitrogens with one attached hydrogen (secondary N) is 1. The molecule has 0 aliphatic carbocycles. The van der Waals surface area contributed by atoms with Crippen LogP contribution in [0, 0.1) is 0 Å². The predicted molar refractivity (Wildman–Crippen MR) is 46.8 cm³/mol. The van der Waals surface area contributed by atoms with E-state index in [2.05, 4.69) is 15.3 Å². The quantitative estimate of drug-likeness (QED) is 0.714. The molecule has 5 nitrogen and oxygen atoms in total. The van der Waals surface area contributed by atoms with E-state index in [0.29, 0.717) is 18.7 Å². The van der Waals surface area contributed by atoms with Crippen LogP contribution < -0.4 is 5.32 Å². The minimum atomic E-state index is -1.04. The lowest BCUT2D eigenvalue weighted by Gasteiger charge is -2.00. The van der Waals surface area contributed by atoms with E-state index >= 15 is 0 Å². The highest BCUT2D eigenvalue weighted by molar-refractivity contribution is 6.28. The second kappa shape index (κ2) is 4.61. The van der Waals surface area contributed by atoms with Gasteiger partial charge in [0.15, 0.2) is 0 Å². The molecule has 13 heavy (non-hydrogen) atoms. The van der Waals surface area contributed by atoms with Crippen LogP contribution in [0.25, 0.3) is 0 Å². The van der Waals surface area contributed by atoms with Gasteiger partial charge in [0.25, 0.3) is 0 Å². The summed E-state index contributed by atoms with van der Waals surface area (Å²) in [5, 5.41) is 10.7. The first-order valence-electron chi connectivity index (χ1n) is 3.62. The van der Waals surface area contributed by atoms with Crippen molar-refractivity contribution in [2.45, 2.75) is 6.42 Å². The lowest BCUT2D eigenvalue weighted by Crippen LogP contribution is -2.23. The lowest BCUT2D eigenvalue weighted by molar-refractivity contribution is 0.194. The standard InChI is InChI=1S/C7H8ClN3O2/c8-6-9-3-1-5(11-6)2-4-10-7(12)13/h1,3,10H,2,4H2,(H,12,13). The maximum atomic E-state index is 10.1. The van der Waals surface area contributed by atoms with Gasteiger partial charge in [-0.3, -0.25) is 0 Å². The summed E-state index contributed by atoms with van der Waals surface area (Å²) >= 11 is 5.53. The second-order valence-corrected chi connectivity index (χ2v) is 2.64. The van der Waals surface area contributed by atoms with Gasteiger partial charge in [0, 0.05) is 24.9 Å². The number of carbonyl (C=O) groups is 1. The second-order valence-electron chi connectivity index (χ2n) is 2.30. The summed E-state index contributed by atoms with van der Waals surface area (Å²) in [6.45, 7) is 0.322. The highest BCUT2D eigenvalue weighted by atomic mass is 35.5. The van der Waals surface area contributed by atoms with Crippen LogP contribution in [0.15, 0.2) is 12.3 Å². The van der Waals surface area contributed by atoms with Gasteiger partial charge in [-0.25, -0.2) is 14.8 Å². The van der Waals surface area contributed by atoms with Crippen molar-refractivity contribution in [3.05, 3.63) is 23.2 Å². The molecular formula is C7H8ClN3O2. The summed E-state index contributed by atoms with van der Waals surface area (Å²) in [6, 6.07) is 1.69. The Morgan fingerprint density at radius 2 is 2.46 bits per heavy atom. The summed E-state index contributed by atoms with van der Waals surface area (Å²) in [5.74, 6) is 0. The van der Waals surface area contributed by atoms with Crippen LogP contribution in [-0.4, -0.2) is 27.7 Å². The van der Waals surface area contributed by atoms with Gasteiger partial charge in [0.05, 0.1) is 0 Å². The molecule has 70 valence electrons. The molecule has 0 radical (unpaired) electrons. The molecule has 0 aromatic carbocycles. The number of nitrogens with zero attached hydrogens (tertiary/aromatic N) is 2. The third-order valence-corrected chi connectivity index (χ3v) is 1.52. The van der Waals surface area contributed by atoms with Crippen molar-refractivity contribution in [2.75, 3.05) is 6.54 Å². The molecule has 6 heteroatoms. The fourth-order valence-corrected chi connectivity index (χ4v) is 0.971. The first kappa shape index (κ1) is 9.73. The third kappa shape index (κ3) is 3.71. The Balaban J connectivity index is 2.41. The van der Waals surface area contributed by atoms with Crippen molar-refractivity contribution in [1.29, 1.82) is 0 Å². The van der Waals surface area contributed by atoms with E-state index in [4.69, 9.17) is 16.7 Å². The summed E-state index contributed by atoms with van der Waals surface area (Å²) < 4.78 is 0. The van der Waals surface area contributed by atoms with Gasteiger partial charge in [-0.2, -0.15) is 0 Å². The molecule has 0 spiro atoms. The van der Waals surface area contributed by atoms with Crippen molar-refractivity contribution >= 4 is 17.7 Å². The number of carboxylic acid groups (broad SMARTS) is 1. The molecule has 1 aromatic rings. The molecule has 1 rings (SSSR count).